The Labute approximate surface area is 191 Å². The first kappa shape index (κ1) is 22.5. The molecule has 1 heterocycles. The molecule has 1 saturated heterocycles. The fourth-order valence-corrected chi connectivity index (χ4v) is 4.46. The molecule has 1 unspecified atom stereocenters. The van der Waals surface area contributed by atoms with E-state index in [2.05, 4.69) is 17.0 Å². The molecule has 1 aliphatic heterocycles. The van der Waals surface area contributed by atoms with Crippen LogP contribution in [0.2, 0.25) is 0 Å². The zero-order valence-electron chi connectivity index (χ0n) is 19.4. The van der Waals surface area contributed by atoms with E-state index in [-0.39, 0.29) is 11.9 Å². The second kappa shape index (κ2) is 10.3. The Balaban J connectivity index is 1.67. The van der Waals surface area contributed by atoms with Crippen molar-refractivity contribution in [2.75, 3.05) is 39.5 Å². The zero-order valence-corrected chi connectivity index (χ0v) is 19.4. The standard InChI is InChI=1S/C26H34N2O4/c1-4-30-23-16-20(17-24(31-5-2)25(23)32-6-3)26(29)28-15-14-27(21-12-13-21)18-22(28)19-10-8-7-9-11-19/h7-11,16-17,21-22H,4-6,12-15,18H2,1-3H3. The summed E-state index contributed by atoms with van der Waals surface area (Å²) in [6.07, 6.45) is 2.54. The number of carbonyl (C=O) groups is 1. The second-order valence-electron chi connectivity index (χ2n) is 8.25. The van der Waals surface area contributed by atoms with Crippen molar-refractivity contribution in [1.82, 2.24) is 9.80 Å². The predicted molar refractivity (Wildman–Crippen MR) is 125 cm³/mol. The van der Waals surface area contributed by atoms with E-state index in [1.165, 1.54) is 18.4 Å². The summed E-state index contributed by atoms with van der Waals surface area (Å²) >= 11 is 0. The van der Waals surface area contributed by atoms with Crippen molar-refractivity contribution in [2.45, 2.75) is 45.7 Å². The van der Waals surface area contributed by atoms with Gasteiger partial charge >= 0.3 is 0 Å². The van der Waals surface area contributed by atoms with Crippen molar-refractivity contribution in [1.29, 1.82) is 0 Å². The highest BCUT2D eigenvalue weighted by Crippen LogP contribution is 2.40. The topological polar surface area (TPSA) is 51.2 Å². The molecule has 0 radical (unpaired) electrons. The number of hydrogen-bond acceptors (Lipinski definition) is 5. The van der Waals surface area contributed by atoms with Gasteiger partial charge in [0.1, 0.15) is 0 Å². The number of piperazine rings is 1. The molecule has 32 heavy (non-hydrogen) atoms. The first-order valence-electron chi connectivity index (χ1n) is 11.8. The summed E-state index contributed by atoms with van der Waals surface area (Å²) in [6.45, 7) is 9.71. The van der Waals surface area contributed by atoms with Gasteiger partial charge in [0.05, 0.1) is 25.9 Å². The Kier molecular flexibility index (Phi) is 7.20. The van der Waals surface area contributed by atoms with E-state index in [0.717, 1.165) is 13.1 Å². The van der Waals surface area contributed by atoms with Crippen LogP contribution in [0.4, 0.5) is 0 Å². The predicted octanol–water partition coefficient (Wildman–Crippen LogP) is 4.54. The van der Waals surface area contributed by atoms with E-state index in [0.29, 0.717) is 55.2 Å². The van der Waals surface area contributed by atoms with Crippen molar-refractivity contribution in [3.05, 3.63) is 53.6 Å². The first-order chi connectivity index (χ1) is 15.7. The van der Waals surface area contributed by atoms with Crippen LogP contribution in [0.25, 0.3) is 0 Å². The minimum atomic E-state index is -0.000690. The molecule has 6 nitrogen and oxygen atoms in total. The van der Waals surface area contributed by atoms with Gasteiger partial charge < -0.3 is 19.1 Å². The summed E-state index contributed by atoms with van der Waals surface area (Å²) in [4.78, 5) is 18.4. The summed E-state index contributed by atoms with van der Waals surface area (Å²) < 4.78 is 17.5. The molecule has 0 spiro atoms. The summed E-state index contributed by atoms with van der Waals surface area (Å²) in [5.74, 6) is 1.67. The average molecular weight is 439 g/mol. The van der Waals surface area contributed by atoms with E-state index in [4.69, 9.17) is 14.2 Å². The zero-order chi connectivity index (χ0) is 22.5. The van der Waals surface area contributed by atoms with E-state index in [1.54, 1.807) is 12.1 Å². The third kappa shape index (κ3) is 4.85. The van der Waals surface area contributed by atoms with Crippen LogP contribution in [-0.4, -0.2) is 61.2 Å². The number of amides is 1. The Morgan fingerprint density at radius 3 is 2.09 bits per heavy atom. The lowest BCUT2D eigenvalue weighted by atomic mass is 10.0. The van der Waals surface area contributed by atoms with Crippen LogP contribution in [0.1, 0.15) is 55.6 Å². The summed E-state index contributed by atoms with van der Waals surface area (Å²) in [5, 5.41) is 0. The smallest absolute Gasteiger partial charge is 0.254 e. The molecule has 0 bridgehead atoms. The summed E-state index contributed by atoms with van der Waals surface area (Å²) in [7, 11) is 0. The van der Waals surface area contributed by atoms with Crippen molar-refractivity contribution >= 4 is 5.91 Å². The van der Waals surface area contributed by atoms with Crippen LogP contribution in [-0.2, 0) is 0 Å². The molecule has 4 rings (SSSR count). The van der Waals surface area contributed by atoms with E-state index in [1.807, 2.05) is 43.9 Å². The maximum absolute atomic E-state index is 13.8. The number of ether oxygens (including phenoxy) is 3. The summed E-state index contributed by atoms with van der Waals surface area (Å²) in [6, 6.07) is 14.7. The fraction of sp³-hybridized carbons (Fsp3) is 0.500. The first-order valence-corrected chi connectivity index (χ1v) is 11.8. The SMILES string of the molecule is CCOc1cc(C(=O)N2CCN(C3CC3)CC2c2ccccc2)cc(OCC)c1OCC. The molecule has 1 atom stereocenters. The number of carbonyl (C=O) groups excluding carboxylic acids is 1. The lowest BCUT2D eigenvalue weighted by Crippen LogP contribution is -2.51. The number of hydrogen-bond donors (Lipinski definition) is 0. The van der Waals surface area contributed by atoms with Crippen molar-refractivity contribution in [3.8, 4) is 17.2 Å². The highest BCUT2D eigenvalue weighted by atomic mass is 16.5. The molecule has 2 aliphatic rings. The molecular formula is C26H34N2O4. The van der Waals surface area contributed by atoms with Crippen LogP contribution >= 0.6 is 0 Å². The van der Waals surface area contributed by atoms with Crippen LogP contribution in [0.5, 0.6) is 17.2 Å². The monoisotopic (exact) mass is 438 g/mol. The van der Waals surface area contributed by atoms with Crippen LogP contribution in [0.15, 0.2) is 42.5 Å². The van der Waals surface area contributed by atoms with E-state index < -0.39 is 0 Å². The normalized spacial score (nSPS) is 19.0. The molecule has 1 saturated carbocycles. The van der Waals surface area contributed by atoms with Crippen molar-refractivity contribution < 1.29 is 19.0 Å². The summed E-state index contributed by atoms with van der Waals surface area (Å²) in [5.41, 5.74) is 1.74. The minimum Gasteiger partial charge on any atom is -0.490 e. The highest BCUT2D eigenvalue weighted by Gasteiger charge is 2.38. The maximum atomic E-state index is 13.8. The van der Waals surface area contributed by atoms with E-state index >= 15 is 0 Å². The molecule has 6 heteroatoms. The van der Waals surface area contributed by atoms with Gasteiger partial charge in [-0.3, -0.25) is 9.69 Å². The molecule has 2 fully saturated rings. The van der Waals surface area contributed by atoms with Gasteiger partial charge in [0.2, 0.25) is 5.75 Å². The van der Waals surface area contributed by atoms with Gasteiger partial charge in [-0.25, -0.2) is 0 Å². The Morgan fingerprint density at radius 1 is 0.906 bits per heavy atom. The Morgan fingerprint density at radius 2 is 1.53 bits per heavy atom. The number of benzene rings is 2. The molecule has 1 amide bonds. The highest BCUT2D eigenvalue weighted by molar-refractivity contribution is 5.96. The Hall–Kier alpha value is -2.73. The number of nitrogens with zero attached hydrogens (tertiary/aromatic N) is 2. The minimum absolute atomic E-state index is 0.000690. The van der Waals surface area contributed by atoms with Crippen LogP contribution < -0.4 is 14.2 Å². The average Bonchev–Trinajstić information content (AvgIpc) is 3.67. The van der Waals surface area contributed by atoms with Gasteiger partial charge in [0.25, 0.3) is 5.91 Å². The van der Waals surface area contributed by atoms with Crippen molar-refractivity contribution in [3.63, 3.8) is 0 Å². The van der Waals surface area contributed by atoms with Gasteiger partial charge in [0, 0.05) is 31.2 Å². The third-order valence-electron chi connectivity index (χ3n) is 6.08. The van der Waals surface area contributed by atoms with E-state index in [9.17, 15) is 4.79 Å². The quantitative estimate of drug-likeness (QED) is 0.575. The lowest BCUT2D eigenvalue weighted by Gasteiger charge is -2.42. The molecule has 1 aliphatic carbocycles. The van der Waals surface area contributed by atoms with Crippen molar-refractivity contribution in [2.24, 2.45) is 0 Å². The third-order valence-corrected chi connectivity index (χ3v) is 6.08. The lowest BCUT2D eigenvalue weighted by molar-refractivity contribution is 0.0432. The van der Waals surface area contributed by atoms with Gasteiger partial charge in [-0.1, -0.05) is 30.3 Å². The molecule has 2 aromatic carbocycles. The Bertz CT molecular complexity index is 886. The second-order valence-corrected chi connectivity index (χ2v) is 8.25. The fourth-order valence-electron chi connectivity index (χ4n) is 4.46. The molecule has 0 N–H and O–H groups in total. The van der Waals surface area contributed by atoms with Crippen LogP contribution in [0.3, 0.4) is 0 Å². The maximum Gasteiger partial charge on any atom is 0.254 e. The molecule has 172 valence electrons. The molecular weight excluding hydrogens is 404 g/mol. The van der Waals surface area contributed by atoms with Gasteiger partial charge in [-0.05, 0) is 51.3 Å². The molecule has 2 aromatic rings. The largest absolute Gasteiger partial charge is 0.490 e. The van der Waals surface area contributed by atoms with Gasteiger partial charge in [-0.15, -0.1) is 0 Å². The number of rotatable bonds is 9. The van der Waals surface area contributed by atoms with Gasteiger partial charge in [-0.2, -0.15) is 0 Å². The van der Waals surface area contributed by atoms with Gasteiger partial charge in [0.15, 0.2) is 11.5 Å². The van der Waals surface area contributed by atoms with Crippen LogP contribution in [0, 0.1) is 0 Å². The molecule has 0 aromatic heterocycles.